The molecule has 0 spiro atoms. The molecule has 3 heterocycles. The Hall–Kier alpha value is -2.80. The molecule has 4 rings (SSSR count). The molecule has 0 radical (unpaired) electrons. The Morgan fingerprint density at radius 2 is 2.08 bits per heavy atom. The second-order valence-corrected chi connectivity index (χ2v) is 9.94. The predicted molar refractivity (Wildman–Crippen MR) is 127 cm³/mol. The number of aliphatic hydroxyl groups excluding tert-OH is 1. The number of methoxy groups -OCH3 is 1. The number of alkyl halides is 1. The fraction of sp³-hybridized carbons (Fsp3) is 0.381. The van der Waals surface area contributed by atoms with E-state index < -0.39 is 51.0 Å². The molecule has 0 saturated carbocycles. The molecule has 12 nitrogen and oxygen atoms in total. The third kappa shape index (κ3) is 5.46. The zero-order valence-electron chi connectivity index (χ0n) is 19.2. The molecule has 36 heavy (non-hydrogen) atoms. The van der Waals surface area contributed by atoms with Crippen molar-refractivity contribution in [2.75, 3.05) is 19.5 Å². The van der Waals surface area contributed by atoms with Crippen LogP contribution in [0.25, 0.3) is 11.0 Å². The number of para-hydroxylation sites is 1. The Morgan fingerprint density at radius 3 is 2.78 bits per heavy atom. The monoisotopic (exact) mass is 543 g/mol. The number of nitrogens with two attached hydrogens (primary N) is 1. The molecule has 0 amide bonds. The van der Waals surface area contributed by atoms with Crippen LogP contribution in [0.3, 0.4) is 0 Å². The summed E-state index contributed by atoms with van der Waals surface area (Å²) in [6.07, 6.45) is -4.64. The van der Waals surface area contributed by atoms with Crippen LogP contribution < -0.4 is 15.3 Å². The number of nitrogens with one attached hydrogen (secondary N) is 1. The van der Waals surface area contributed by atoms with Gasteiger partial charge in [-0.2, -0.15) is 10.1 Å². The molecule has 1 saturated heterocycles. The number of rotatable bonds is 9. The fourth-order valence-corrected chi connectivity index (χ4v) is 5.32. The van der Waals surface area contributed by atoms with Gasteiger partial charge in [0.05, 0.1) is 19.1 Å². The van der Waals surface area contributed by atoms with Crippen LogP contribution in [0.15, 0.2) is 42.6 Å². The highest BCUT2D eigenvalue weighted by molar-refractivity contribution is 7.52. The van der Waals surface area contributed by atoms with Gasteiger partial charge in [-0.3, -0.25) is 9.32 Å². The maximum atomic E-state index is 15.1. The minimum absolute atomic E-state index is 0.0994. The number of aromatic nitrogens is 3. The minimum Gasteiger partial charge on any atom is -0.468 e. The number of esters is 1. The number of hydrogen-bond donors (Lipinski definition) is 3. The number of hydrogen-bond acceptors (Lipinski definition) is 10. The van der Waals surface area contributed by atoms with Crippen LogP contribution in [0.5, 0.6) is 5.75 Å². The number of carbonyl (C=O) groups excluding carboxylic acids is 1. The molecule has 3 unspecified atom stereocenters. The highest BCUT2D eigenvalue weighted by Gasteiger charge is 2.47. The largest absolute Gasteiger partial charge is 0.468 e. The zero-order valence-corrected chi connectivity index (χ0v) is 20.8. The Bertz CT molecular complexity index is 1280. The number of halogens is 2. The van der Waals surface area contributed by atoms with Gasteiger partial charge >= 0.3 is 13.7 Å². The van der Waals surface area contributed by atoms with E-state index in [-0.39, 0.29) is 22.5 Å². The second-order valence-electron chi connectivity index (χ2n) is 7.91. The minimum atomic E-state index is -4.22. The molecule has 4 N–H and O–H groups in total. The summed E-state index contributed by atoms with van der Waals surface area (Å²) < 4.78 is 51.3. The highest BCUT2D eigenvalue weighted by Crippen LogP contribution is 2.46. The molecule has 1 aliphatic heterocycles. The van der Waals surface area contributed by atoms with Crippen LogP contribution in [0.2, 0.25) is 5.28 Å². The van der Waals surface area contributed by atoms with Crippen LogP contribution in [0, 0.1) is 0 Å². The quantitative estimate of drug-likeness (QED) is 0.207. The smallest absolute Gasteiger partial charge is 0.459 e. The van der Waals surface area contributed by atoms with Crippen molar-refractivity contribution in [2.45, 2.75) is 37.6 Å². The van der Waals surface area contributed by atoms with E-state index in [1.54, 1.807) is 24.3 Å². The van der Waals surface area contributed by atoms with Gasteiger partial charge in [0.1, 0.15) is 35.5 Å². The van der Waals surface area contributed by atoms with E-state index in [1.807, 2.05) is 0 Å². The van der Waals surface area contributed by atoms with Gasteiger partial charge in [-0.15, -0.1) is 0 Å². The lowest BCUT2D eigenvalue weighted by molar-refractivity contribution is -0.142. The summed E-state index contributed by atoms with van der Waals surface area (Å²) in [5.41, 5.74) is 6.06. The van der Waals surface area contributed by atoms with E-state index >= 15 is 4.39 Å². The summed E-state index contributed by atoms with van der Waals surface area (Å²) in [6.45, 7) is 0.862. The van der Waals surface area contributed by atoms with E-state index in [1.165, 1.54) is 36.9 Å². The zero-order chi connectivity index (χ0) is 26.0. The molecule has 2 aromatic heterocycles. The number of anilines is 1. The number of ether oxygens (including phenoxy) is 2. The molecule has 0 bridgehead atoms. The molecular formula is C21H24ClFN5O7P. The van der Waals surface area contributed by atoms with Crippen molar-refractivity contribution >= 4 is 42.2 Å². The molecule has 1 aromatic carbocycles. The number of nitrogens with zero attached hydrogens (tertiary/aromatic N) is 3. The van der Waals surface area contributed by atoms with E-state index in [2.05, 4.69) is 19.8 Å². The van der Waals surface area contributed by atoms with E-state index in [0.717, 1.165) is 0 Å². The van der Waals surface area contributed by atoms with Crippen LogP contribution in [-0.2, 0) is 23.4 Å². The average molecular weight is 544 g/mol. The first kappa shape index (κ1) is 26.3. The van der Waals surface area contributed by atoms with Gasteiger partial charge in [-0.05, 0) is 36.7 Å². The predicted octanol–water partition coefficient (Wildman–Crippen LogP) is 2.62. The Balaban J connectivity index is 1.52. The van der Waals surface area contributed by atoms with Crippen molar-refractivity contribution in [2.24, 2.45) is 0 Å². The van der Waals surface area contributed by atoms with Gasteiger partial charge in [0.2, 0.25) is 5.28 Å². The Morgan fingerprint density at radius 1 is 1.36 bits per heavy atom. The third-order valence-corrected chi connectivity index (χ3v) is 7.24. The van der Waals surface area contributed by atoms with Gasteiger partial charge in [0.25, 0.3) is 0 Å². The maximum Gasteiger partial charge on any atom is 0.459 e. The summed E-state index contributed by atoms with van der Waals surface area (Å²) in [7, 11) is -3.05. The Kier molecular flexibility index (Phi) is 7.79. The van der Waals surface area contributed by atoms with E-state index in [4.69, 9.17) is 31.1 Å². The summed E-state index contributed by atoms with van der Waals surface area (Å²) in [5, 5.41) is 13.3. The first-order valence-electron chi connectivity index (χ1n) is 10.7. The van der Waals surface area contributed by atoms with Crippen LogP contribution in [0.4, 0.5) is 10.2 Å². The summed E-state index contributed by atoms with van der Waals surface area (Å²) in [6, 6.07) is 8.58. The molecule has 1 aliphatic rings. The molecule has 194 valence electrons. The summed E-state index contributed by atoms with van der Waals surface area (Å²) >= 11 is 5.89. The lowest BCUT2D eigenvalue weighted by Gasteiger charge is -2.24. The molecule has 6 atom stereocenters. The molecule has 0 aliphatic carbocycles. The Labute approximate surface area is 210 Å². The number of carbonyl (C=O) groups is 1. The fourth-order valence-electron chi connectivity index (χ4n) is 3.65. The van der Waals surface area contributed by atoms with Crippen molar-refractivity contribution in [3.05, 3.63) is 47.9 Å². The maximum absolute atomic E-state index is 15.1. The lowest BCUT2D eigenvalue weighted by Crippen LogP contribution is -2.36. The van der Waals surface area contributed by atoms with Crippen molar-refractivity contribution in [3.63, 3.8) is 0 Å². The normalized spacial score (nSPS) is 24.4. The van der Waals surface area contributed by atoms with Crippen LogP contribution in [-0.4, -0.2) is 63.7 Å². The van der Waals surface area contributed by atoms with Gasteiger partial charge < -0.3 is 29.4 Å². The number of benzene rings is 1. The summed E-state index contributed by atoms with van der Waals surface area (Å²) in [4.78, 5) is 19.8. The van der Waals surface area contributed by atoms with Crippen molar-refractivity contribution in [3.8, 4) is 5.75 Å². The third-order valence-electron chi connectivity index (χ3n) is 5.43. The van der Waals surface area contributed by atoms with Crippen LogP contribution >= 0.6 is 19.3 Å². The van der Waals surface area contributed by atoms with Crippen molar-refractivity contribution in [1.82, 2.24) is 19.6 Å². The second kappa shape index (κ2) is 10.7. The van der Waals surface area contributed by atoms with Crippen molar-refractivity contribution in [1.29, 1.82) is 0 Å². The van der Waals surface area contributed by atoms with Gasteiger partial charge in [-0.25, -0.2) is 13.9 Å². The standard InChI is InChI=1S/C21H24ClFN5O7P/c1-11(20(30)32-2)27-36(31,35-12-6-4-3-5-7-12)33-10-14-16(29)15(23)19(34-14)28-9-8-13-17(24)25-21(22)26-18(13)28/h3-9,11,14-16,19,29H,10H2,1-2H3,(H,27,31)(H2,24,25,26)/t11-,14+,15?,16?,19+,36?/m0/s1. The topological polar surface area (TPSA) is 160 Å². The van der Waals surface area contributed by atoms with Crippen molar-refractivity contribution < 1.29 is 37.4 Å². The summed E-state index contributed by atoms with van der Waals surface area (Å²) in [5.74, 6) is -0.425. The average Bonchev–Trinajstić information content (AvgIpc) is 3.38. The molecule has 3 aromatic rings. The first-order chi connectivity index (χ1) is 17.1. The SMILES string of the molecule is COC(=O)[C@H](C)NP(=O)(OC[C@H]1O[C@@H](n2ccc3c(N)nc(Cl)nc32)C(F)C1O)Oc1ccccc1. The number of nitrogen functional groups attached to an aromatic ring is 1. The van der Waals surface area contributed by atoms with E-state index in [9.17, 15) is 14.5 Å². The van der Waals surface area contributed by atoms with Gasteiger partial charge in [-0.1, -0.05) is 18.2 Å². The molecule has 1 fully saturated rings. The highest BCUT2D eigenvalue weighted by atomic mass is 35.5. The van der Waals surface area contributed by atoms with Crippen LogP contribution in [0.1, 0.15) is 13.2 Å². The lowest BCUT2D eigenvalue weighted by atomic mass is 10.1. The first-order valence-corrected chi connectivity index (χ1v) is 12.7. The molecule has 15 heteroatoms. The van der Waals surface area contributed by atoms with E-state index in [0.29, 0.717) is 5.39 Å². The van der Waals surface area contributed by atoms with Gasteiger partial charge in [0, 0.05) is 6.20 Å². The number of aliphatic hydroxyl groups is 1. The van der Waals surface area contributed by atoms with Gasteiger partial charge in [0.15, 0.2) is 12.4 Å². The number of fused-ring (bicyclic) bond motifs is 1. The molecular weight excluding hydrogens is 520 g/mol.